The van der Waals surface area contributed by atoms with Gasteiger partial charge in [-0.2, -0.15) is 0 Å². The molecular formula is C65H111NO8. The molecule has 0 aliphatic carbocycles. The Bertz CT molecular complexity index is 1530. The van der Waals surface area contributed by atoms with Crippen LogP contribution in [0.4, 0.5) is 0 Å². The lowest BCUT2D eigenvalue weighted by molar-refractivity contribution is -0.302. The molecule has 0 aromatic heterocycles. The van der Waals surface area contributed by atoms with E-state index in [1.807, 2.05) is 6.08 Å². The Morgan fingerprint density at radius 3 is 1.30 bits per heavy atom. The van der Waals surface area contributed by atoms with E-state index in [4.69, 9.17) is 9.47 Å². The second kappa shape index (κ2) is 53.3. The first kappa shape index (κ1) is 68.9. The molecule has 0 aromatic rings. The summed E-state index contributed by atoms with van der Waals surface area (Å²) in [7, 11) is 0. The maximum absolute atomic E-state index is 13.0. The number of aliphatic hydroxyl groups excluding tert-OH is 5. The normalized spacial score (nSPS) is 19.8. The second-order valence-electron chi connectivity index (χ2n) is 20.4. The fourth-order valence-corrected chi connectivity index (χ4v) is 8.87. The summed E-state index contributed by atoms with van der Waals surface area (Å²) in [6.45, 7) is 3.62. The highest BCUT2D eigenvalue weighted by atomic mass is 16.7. The van der Waals surface area contributed by atoms with E-state index in [0.717, 1.165) is 70.6 Å². The van der Waals surface area contributed by atoms with Crippen LogP contribution < -0.4 is 5.32 Å². The predicted molar refractivity (Wildman–Crippen MR) is 313 cm³/mol. The van der Waals surface area contributed by atoms with Crippen LogP contribution in [0.2, 0.25) is 0 Å². The number of unbranched alkanes of at least 4 members (excludes halogenated alkanes) is 24. The van der Waals surface area contributed by atoms with E-state index in [2.05, 4.69) is 116 Å². The fraction of sp³-hybridized carbons (Fsp3) is 0.708. The minimum atomic E-state index is -1.59. The molecular weight excluding hydrogens is 923 g/mol. The van der Waals surface area contributed by atoms with Gasteiger partial charge in [-0.15, -0.1) is 0 Å². The largest absolute Gasteiger partial charge is 0.394 e. The van der Waals surface area contributed by atoms with Gasteiger partial charge in [0.05, 0.1) is 25.4 Å². The Kier molecular flexibility index (Phi) is 49.6. The lowest BCUT2D eigenvalue weighted by Crippen LogP contribution is -2.60. The van der Waals surface area contributed by atoms with Crippen LogP contribution in [-0.4, -0.2) is 87.5 Å². The van der Waals surface area contributed by atoms with Crippen molar-refractivity contribution >= 4 is 5.91 Å². The van der Waals surface area contributed by atoms with Crippen molar-refractivity contribution in [2.75, 3.05) is 13.2 Å². The number of aliphatic hydroxyl groups is 5. The van der Waals surface area contributed by atoms with Gasteiger partial charge in [-0.05, 0) is 83.5 Å². The molecule has 0 aromatic carbocycles. The molecule has 9 heteroatoms. The molecule has 0 radical (unpaired) electrons. The van der Waals surface area contributed by atoms with E-state index in [1.165, 1.54) is 141 Å². The highest BCUT2D eigenvalue weighted by molar-refractivity contribution is 5.76. The van der Waals surface area contributed by atoms with Gasteiger partial charge in [-0.3, -0.25) is 4.79 Å². The lowest BCUT2D eigenvalue weighted by atomic mass is 9.99. The molecule has 1 heterocycles. The number of ether oxygens (including phenoxy) is 2. The molecule has 1 aliphatic rings. The number of allylic oxidation sites excluding steroid dienone is 17. The molecule has 1 aliphatic heterocycles. The summed E-state index contributed by atoms with van der Waals surface area (Å²) in [6, 6.07) is -0.862. The number of nitrogens with one attached hydrogen (secondary N) is 1. The first-order valence-corrected chi connectivity index (χ1v) is 30.1. The van der Waals surface area contributed by atoms with Crippen LogP contribution in [0.15, 0.2) is 109 Å². The van der Waals surface area contributed by atoms with E-state index in [1.54, 1.807) is 6.08 Å². The molecule has 1 rings (SSSR count). The van der Waals surface area contributed by atoms with Gasteiger partial charge in [0.15, 0.2) is 6.29 Å². The average Bonchev–Trinajstić information content (AvgIpc) is 3.40. The highest BCUT2D eigenvalue weighted by Gasteiger charge is 2.44. The van der Waals surface area contributed by atoms with Crippen molar-refractivity contribution in [3.63, 3.8) is 0 Å². The van der Waals surface area contributed by atoms with Crippen LogP contribution >= 0.6 is 0 Å². The molecule has 1 saturated heterocycles. The topological polar surface area (TPSA) is 149 Å². The summed E-state index contributed by atoms with van der Waals surface area (Å²) in [5.41, 5.74) is 0. The minimum Gasteiger partial charge on any atom is -0.394 e. The number of carbonyl (C=O) groups excluding carboxylic acids is 1. The Morgan fingerprint density at radius 1 is 0.473 bits per heavy atom. The molecule has 0 saturated carbocycles. The van der Waals surface area contributed by atoms with Crippen LogP contribution in [0.1, 0.15) is 239 Å². The van der Waals surface area contributed by atoms with Crippen molar-refractivity contribution in [1.29, 1.82) is 0 Å². The maximum Gasteiger partial charge on any atom is 0.220 e. The van der Waals surface area contributed by atoms with Crippen LogP contribution in [0, 0.1) is 0 Å². The summed E-state index contributed by atoms with van der Waals surface area (Å²) in [6.07, 6.45) is 71.7. The second-order valence-corrected chi connectivity index (χ2v) is 20.4. The third-order valence-electron chi connectivity index (χ3n) is 13.6. The summed E-state index contributed by atoms with van der Waals surface area (Å²) >= 11 is 0. The van der Waals surface area contributed by atoms with Crippen molar-refractivity contribution in [2.45, 2.75) is 281 Å². The third-order valence-corrected chi connectivity index (χ3v) is 13.6. The van der Waals surface area contributed by atoms with E-state index < -0.39 is 49.5 Å². The van der Waals surface area contributed by atoms with E-state index >= 15 is 0 Å². The summed E-state index contributed by atoms with van der Waals surface area (Å²) in [4.78, 5) is 13.0. The number of hydrogen-bond acceptors (Lipinski definition) is 8. The first-order valence-electron chi connectivity index (χ1n) is 30.1. The molecule has 74 heavy (non-hydrogen) atoms. The fourth-order valence-electron chi connectivity index (χ4n) is 8.87. The highest BCUT2D eigenvalue weighted by Crippen LogP contribution is 2.23. The number of rotatable bonds is 50. The smallest absolute Gasteiger partial charge is 0.220 e. The van der Waals surface area contributed by atoms with Gasteiger partial charge in [-0.25, -0.2) is 0 Å². The van der Waals surface area contributed by atoms with Crippen LogP contribution in [0.25, 0.3) is 0 Å². The van der Waals surface area contributed by atoms with Crippen molar-refractivity contribution in [3.8, 4) is 0 Å². The van der Waals surface area contributed by atoms with Crippen molar-refractivity contribution < 1.29 is 39.8 Å². The van der Waals surface area contributed by atoms with Gasteiger partial charge in [0.25, 0.3) is 0 Å². The molecule has 1 fully saturated rings. The SMILES string of the molecule is CC/C=C\C/C=C\C/C=C\C/C=C\C/C=C\C/C=C\C/C=C\CCCC(=O)NC(COC1OC(CO)C(O)C(O)C1O)C(O)/C=C/CC/C=C/CCCCCCCCCCCCCCCCCCCCCCCC. The zero-order valence-corrected chi connectivity index (χ0v) is 47.1. The number of hydrogen-bond donors (Lipinski definition) is 6. The standard InChI is InChI=1S/C65H111NO8/c1-3-5-7-9-11-13-15-17-19-21-23-25-27-28-29-30-31-33-34-36-38-40-42-44-46-48-50-52-54-59(68)58(57-73-65-64(72)63(71)62(70)60(56-67)74-65)66-61(69)55-53-51-49-47-45-43-41-39-37-35-32-26-24-22-20-18-16-14-12-10-8-6-4-2/h6,8,12,14,18,20,24,26,35,37,41,43-44,46-47,49,52,54,58-60,62-65,67-68,70-72H,3-5,7,9-11,13,15-17,19,21-23,25,27-34,36,38-40,42,45,48,50-51,53,55-57H2,1-2H3,(H,66,69)/b8-6-,14-12-,20-18-,26-24-,37-35-,43-41-,46-44+,49-47-,54-52+. The van der Waals surface area contributed by atoms with Crippen molar-refractivity contribution in [3.05, 3.63) is 109 Å². The van der Waals surface area contributed by atoms with Gasteiger partial charge in [-0.1, -0.05) is 258 Å². The molecule has 1 amide bonds. The Hall–Kier alpha value is -3.15. The minimum absolute atomic E-state index is 0.231. The van der Waals surface area contributed by atoms with E-state index in [-0.39, 0.29) is 18.9 Å². The van der Waals surface area contributed by atoms with Gasteiger partial charge in [0, 0.05) is 6.42 Å². The van der Waals surface area contributed by atoms with Gasteiger partial charge < -0.3 is 40.3 Å². The number of amides is 1. The zero-order chi connectivity index (χ0) is 53.6. The Morgan fingerprint density at radius 2 is 0.851 bits per heavy atom. The summed E-state index contributed by atoms with van der Waals surface area (Å²) in [5.74, 6) is -0.247. The van der Waals surface area contributed by atoms with Crippen LogP contribution in [-0.2, 0) is 14.3 Å². The van der Waals surface area contributed by atoms with Gasteiger partial charge >= 0.3 is 0 Å². The van der Waals surface area contributed by atoms with Crippen LogP contribution in [0.5, 0.6) is 0 Å². The molecule has 424 valence electrons. The average molecular weight is 1030 g/mol. The Balaban J connectivity index is 2.29. The Labute approximate surface area is 453 Å². The van der Waals surface area contributed by atoms with Crippen molar-refractivity contribution in [1.82, 2.24) is 5.32 Å². The molecule has 9 nitrogen and oxygen atoms in total. The molecule has 6 N–H and O–H groups in total. The molecule has 7 unspecified atom stereocenters. The zero-order valence-electron chi connectivity index (χ0n) is 47.1. The van der Waals surface area contributed by atoms with Gasteiger partial charge in [0.2, 0.25) is 5.91 Å². The third kappa shape index (κ3) is 42.0. The summed E-state index contributed by atoms with van der Waals surface area (Å²) < 4.78 is 11.2. The van der Waals surface area contributed by atoms with Crippen molar-refractivity contribution in [2.24, 2.45) is 0 Å². The number of carbonyl (C=O) groups is 1. The van der Waals surface area contributed by atoms with Gasteiger partial charge in [0.1, 0.15) is 24.4 Å². The monoisotopic (exact) mass is 1030 g/mol. The molecule has 0 spiro atoms. The maximum atomic E-state index is 13.0. The lowest BCUT2D eigenvalue weighted by Gasteiger charge is -2.40. The van der Waals surface area contributed by atoms with E-state index in [9.17, 15) is 30.3 Å². The quantitative estimate of drug-likeness (QED) is 0.0261. The molecule has 7 atom stereocenters. The predicted octanol–water partition coefficient (Wildman–Crippen LogP) is 15.3. The first-order chi connectivity index (χ1) is 36.3. The van der Waals surface area contributed by atoms with E-state index in [0.29, 0.717) is 6.42 Å². The molecule has 0 bridgehead atoms. The van der Waals surface area contributed by atoms with Crippen LogP contribution in [0.3, 0.4) is 0 Å². The summed E-state index contributed by atoms with van der Waals surface area (Å²) in [5, 5.41) is 54.5.